The van der Waals surface area contributed by atoms with Gasteiger partial charge in [-0.1, -0.05) is 17.7 Å². The molecule has 0 amide bonds. The molecular formula is C11H9BrO2. The predicted octanol–water partition coefficient (Wildman–Crippen LogP) is 4.14. The van der Waals surface area contributed by atoms with Gasteiger partial charge in [0, 0.05) is 6.07 Å². The molecule has 0 aliphatic rings. The summed E-state index contributed by atoms with van der Waals surface area (Å²) in [6.45, 7) is 2.04. The minimum absolute atomic E-state index is 0.666. The molecule has 1 aromatic carbocycles. The van der Waals surface area contributed by atoms with E-state index in [1.807, 2.05) is 31.2 Å². The van der Waals surface area contributed by atoms with E-state index >= 15 is 0 Å². The van der Waals surface area contributed by atoms with Gasteiger partial charge in [-0.3, -0.25) is 0 Å². The molecule has 2 aromatic rings. The van der Waals surface area contributed by atoms with Crippen LogP contribution in [0.1, 0.15) is 5.56 Å². The molecule has 72 valence electrons. The average molecular weight is 253 g/mol. The van der Waals surface area contributed by atoms with Crippen molar-refractivity contribution in [3.05, 3.63) is 46.8 Å². The molecule has 0 radical (unpaired) electrons. The lowest BCUT2D eigenvalue weighted by Gasteiger charge is -2.01. The highest BCUT2D eigenvalue weighted by Gasteiger charge is 2.00. The van der Waals surface area contributed by atoms with E-state index < -0.39 is 0 Å². The smallest absolute Gasteiger partial charge is 0.172 e. The van der Waals surface area contributed by atoms with Crippen molar-refractivity contribution in [2.45, 2.75) is 6.92 Å². The van der Waals surface area contributed by atoms with Crippen molar-refractivity contribution >= 4 is 15.9 Å². The number of halogens is 1. The largest absolute Gasteiger partial charge is 0.454 e. The van der Waals surface area contributed by atoms with Crippen LogP contribution in [0.4, 0.5) is 0 Å². The van der Waals surface area contributed by atoms with Crippen LogP contribution >= 0.6 is 15.9 Å². The molecule has 0 spiro atoms. The van der Waals surface area contributed by atoms with Gasteiger partial charge in [-0.15, -0.1) is 0 Å². The van der Waals surface area contributed by atoms with Crippen LogP contribution in [0.5, 0.6) is 11.5 Å². The first-order valence-corrected chi connectivity index (χ1v) is 5.02. The lowest BCUT2D eigenvalue weighted by atomic mass is 10.2. The molecule has 0 aliphatic carbocycles. The Bertz CT molecular complexity index is 417. The number of benzene rings is 1. The number of hydrogen-bond acceptors (Lipinski definition) is 2. The molecule has 2 nitrogen and oxygen atoms in total. The third kappa shape index (κ3) is 2.17. The third-order valence-corrected chi connectivity index (χ3v) is 2.22. The van der Waals surface area contributed by atoms with E-state index in [0.29, 0.717) is 10.4 Å². The first-order valence-electron chi connectivity index (χ1n) is 4.22. The third-order valence-electron chi connectivity index (χ3n) is 1.80. The van der Waals surface area contributed by atoms with Gasteiger partial charge < -0.3 is 9.15 Å². The maximum absolute atomic E-state index is 5.53. The second kappa shape index (κ2) is 3.88. The number of hydrogen-bond donors (Lipinski definition) is 0. The Morgan fingerprint density at radius 1 is 1.14 bits per heavy atom. The Balaban J connectivity index is 2.15. The highest BCUT2D eigenvalue weighted by molar-refractivity contribution is 9.10. The van der Waals surface area contributed by atoms with Crippen LogP contribution in [0.3, 0.4) is 0 Å². The first-order chi connectivity index (χ1) is 6.74. The molecular weight excluding hydrogens is 244 g/mol. The zero-order chi connectivity index (χ0) is 9.97. The van der Waals surface area contributed by atoms with Gasteiger partial charge in [0.2, 0.25) is 0 Å². The van der Waals surface area contributed by atoms with E-state index in [9.17, 15) is 0 Å². The fourth-order valence-electron chi connectivity index (χ4n) is 1.09. The molecule has 2 rings (SSSR count). The average Bonchev–Trinajstić information content (AvgIpc) is 2.56. The summed E-state index contributed by atoms with van der Waals surface area (Å²) in [4.78, 5) is 0. The van der Waals surface area contributed by atoms with Crippen molar-refractivity contribution in [2.24, 2.45) is 0 Å². The number of ether oxygens (including phenoxy) is 1. The molecule has 1 aromatic heterocycles. The zero-order valence-corrected chi connectivity index (χ0v) is 9.24. The summed E-state index contributed by atoms with van der Waals surface area (Å²) in [5, 5.41) is 0. The molecule has 3 heteroatoms. The van der Waals surface area contributed by atoms with E-state index in [1.165, 1.54) is 5.56 Å². The van der Waals surface area contributed by atoms with E-state index in [0.717, 1.165) is 5.75 Å². The van der Waals surface area contributed by atoms with Crippen LogP contribution in [0.25, 0.3) is 0 Å². The van der Waals surface area contributed by atoms with Crippen molar-refractivity contribution < 1.29 is 9.15 Å². The van der Waals surface area contributed by atoms with Gasteiger partial charge in [-0.2, -0.15) is 0 Å². The van der Waals surface area contributed by atoms with Gasteiger partial charge in [-0.25, -0.2) is 0 Å². The molecule has 0 atom stereocenters. The summed E-state index contributed by atoms with van der Waals surface area (Å²) >= 11 is 3.21. The van der Waals surface area contributed by atoms with E-state index in [-0.39, 0.29) is 0 Å². The standard InChI is InChI=1S/C11H9BrO2/c1-8-2-4-9(5-3-8)14-10-6-11(12)13-7-10/h2-7H,1H3. The molecule has 14 heavy (non-hydrogen) atoms. The summed E-state index contributed by atoms with van der Waals surface area (Å²) < 4.78 is 11.2. The van der Waals surface area contributed by atoms with Gasteiger partial charge in [-0.05, 0) is 35.0 Å². The highest BCUT2D eigenvalue weighted by Crippen LogP contribution is 2.26. The number of aryl methyl sites for hydroxylation is 1. The fraction of sp³-hybridized carbons (Fsp3) is 0.0909. The Morgan fingerprint density at radius 2 is 1.86 bits per heavy atom. The monoisotopic (exact) mass is 252 g/mol. The van der Waals surface area contributed by atoms with Gasteiger partial charge in [0.05, 0.1) is 0 Å². The maximum atomic E-state index is 5.53. The summed E-state index contributed by atoms with van der Waals surface area (Å²) in [5.41, 5.74) is 1.21. The van der Waals surface area contributed by atoms with Crippen molar-refractivity contribution in [1.82, 2.24) is 0 Å². The highest BCUT2D eigenvalue weighted by atomic mass is 79.9. The molecule has 0 aliphatic heterocycles. The van der Waals surface area contributed by atoms with Crippen LogP contribution in [0.15, 0.2) is 45.7 Å². The van der Waals surface area contributed by atoms with Crippen LogP contribution in [-0.2, 0) is 0 Å². The van der Waals surface area contributed by atoms with Gasteiger partial charge in [0.25, 0.3) is 0 Å². The second-order valence-corrected chi connectivity index (χ2v) is 3.78. The van der Waals surface area contributed by atoms with E-state index in [2.05, 4.69) is 15.9 Å². The number of rotatable bonds is 2. The Labute approximate surface area is 90.6 Å². The zero-order valence-electron chi connectivity index (χ0n) is 7.66. The quantitative estimate of drug-likeness (QED) is 0.802. The minimum atomic E-state index is 0.666. The molecule has 1 heterocycles. The van der Waals surface area contributed by atoms with Crippen LogP contribution in [-0.4, -0.2) is 0 Å². The lowest BCUT2D eigenvalue weighted by molar-refractivity contribution is 0.463. The van der Waals surface area contributed by atoms with Crippen molar-refractivity contribution in [3.8, 4) is 11.5 Å². The van der Waals surface area contributed by atoms with Gasteiger partial charge in [0.15, 0.2) is 10.4 Å². The van der Waals surface area contributed by atoms with E-state index in [4.69, 9.17) is 9.15 Å². The SMILES string of the molecule is Cc1ccc(Oc2coc(Br)c2)cc1. The normalized spacial score (nSPS) is 10.1. The molecule has 0 bridgehead atoms. The Kier molecular flexibility index (Phi) is 2.59. The van der Waals surface area contributed by atoms with Crippen molar-refractivity contribution in [2.75, 3.05) is 0 Å². The van der Waals surface area contributed by atoms with Crippen molar-refractivity contribution in [1.29, 1.82) is 0 Å². The second-order valence-electron chi connectivity index (χ2n) is 3.00. The first kappa shape index (κ1) is 9.34. The molecule has 0 fully saturated rings. The Morgan fingerprint density at radius 3 is 2.43 bits per heavy atom. The summed E-state index contributed by atoms with van der Waals surface area (Å²) in [7, 11) is 0. The molecule has 0 unspecified atom stereocenters. The molecule has 0 saturated carbocycles. The molecule has 0 N–H and O–H groups in total. The van der Waals surface area contributed by atoms with Gasteiger partial charge >= 0.3 is 0 Å². The minimum Gasteiger partial charge on any atom is -0.454 e. The van der Waals surface area contributed by atoms with Crippen molar-refractivity contribution in [3.63, 3.8) is 0 Å². The van der Waals surface area contributed by atoms with E-state index in [1.54, 1.807) is 12.3 Å². The topological polar surface area (TPSA) is 22.4 Å². The lowest BCUT2D eigenvalue weighted by Crippen LogP contribution is -1.81. The Hall–Kier alpha value is -1.22. The number of furan rings is 1. The van der Waals surface area contributed by atoms with Crippen LogP contribution in [0, 0.1) is 6.92 Å². The predicted molar refractivity (Wildman–Crippen MR) is 57.7 cm³/mol. The fourth-order valence-corrected chi connectivity index (χ4v) is 1.41. The maximum Gasteiger partial charge on any atom is 0.172 e. The van der Waals surface area contributed by atoms with Gasteiger partial charge in [0.1, 0.15) is 12.0 Å². The van der Waals surface area contributed by atoms with Crippen LogP contribution < -0.4 is 4.74 Å². The summed E-state index contributed by atoms with van der Waals surface area (Å²) in [6, 6.07) is 9.64. The summed E-state index contributed by atoms with van der Waals surface area (Å²) in [6.07, 6.45) is 1.56. The summed E-state index contributed by atoms with van der Waals surface area (Å²) in [5.74, 6) is 1.50. The molecule has 0 saturated heterocycles. The van der Waals surface area contributed by atoms with Crippen LogP contribution in [0.2, 0.25) is 0 Å².